The Bertz CT molecular complexity index is 1690. The van der Waals surface area contributed by atoms with Gasteiger partial charge in [-0.15, -0.1) is 0 Å². The van der Waals surface area contributed by atoms with Crippen LogP contribution in [0.15, 0.2) is 89.7 Å². The summed E-state index contributed by atoms with van der Waals surface area (Å²) in [6, 6.07) is 26.2. The van der Waals surface area contributed by atoms with Crippen LogP contribution in [0.5, 0.6) is 0 Å². The Labute approximate surface area is 205 Å². The largest absolute Gasteiger partial charge is 0.462 e. The lowest BCUT2D eigenvalue weighted by atomic mass is 9.97. The van der Waals surface area contributed by atoms with E-state index in [0.717, 1.165) is 51.7 Å². The van der Waals surface area contributed by atoms with Crippen molar-refractivity contribution in [1.29, 1.82) is 0 Å². The molecule has 0 N–H and O–H groups in total. The van der Waals surface area contributed by atoms with Crippen LogP contribution in [0.25, 0.3) is 43.9 Å². The number of aromatic nitrogens is 2. The third-order valence-electron chi connectivity index (χ3n) is 6.64. The Balaban J connectivity index is 1.41. The molecule has 3 aromatic carbocycles. The topological polar surface area (TPSA) is 38.9 Å². The molecule has 0 saturated heterocycles. The molecule has 0 bridgehead atoms. The van der Waals surface area contributed by atoms with Crippen molar-refractivity contribution in [3.05, 3.63) is 108 Å². The molecule has 0 amide bonds. The van der Waals surface area contributed by atoms with Crippen molar-refractivity contribution in [3.8, 4) is 11.3 Å². The van der Waals surface area contributed by atoms with Crippen LogP contribution in [0.2, 0.25) is 0 Å². The van der Waals surface area contributed by atoms with Crippen molar-refractivity contribution >= 4 is 32.6 Å². The summed E-state index contributed by atoms with van der Waals surface area (Å²) in [5, 5.41) is 4.69. The van der Waals surface area contributed by atoms with Crippen LogP contribution in [0.4, 0.5) is 0 Å². The maximum absolute atomic E-state index is 5.84. The van der Waals surface area contributed by atoms with Gasteiger partial charge < -0.3 is 4.42 Å². The summed E-state index contributed by atoms with van der Waals surface area (Å²) in [5.74, 6) is 0.549. The SMILES string of the molecule is Cc1ccc2cc(Cc3ccnc(-c4cc5ccoc5c5nc(CC(C)C)ccc45)c3)ccc2c1. The molecule has 3 aromatic heterocycles. The van der Waals surface area contributed by atoms with E-state index in [1.165, 1.54) is 27.5 Å². The lowest BCUT2D eigenvalue weighted by Crippen LogP contribution is -1.98. The average Bonchev–Trinajstić information content (AvgIpc) is 3.32. The zero-order valence-corrected chi connectivity index (χ0v) is 20.4. The summed E-state index contributed by atoms with van der Waals surface area (Å²) < 4.78 is 5.84. The van der Waals surface area contributed by atoms with Crippen molar-refractivity contribution in [2.45, 2.75) is 33.6 Å². The highest BCUT2D eigenvalue weighted by molar-refractivity contribution is 6.09. The summed E-state index contributed by atoms with van der Waals surface area (Å²) in [5.41, 5.74) is 8.74. The molecule has 0 aliphatic heterocycles. The number of benzene rings is 3. The minimum absolute atomic E-state index is 0.549. The molecule has 3 heteroatoms. The van der Waals surface area contributed by atoms with E-state index >= 15 is 0 Å². The van der Waals surface area contributed by atoms with E-state index in [1.54, 1.807) is 6.26 Å². The van der Waals surface area contributed by atoms with Gasteiger partial charge in [0.25, 0.3) is 0 Å². The lowest BCUT2D eigenvalue weighted by molar-refractivity contribution is 0.616. The zero-order valence-electron chi connectivity index (χ0n) is 20.4. The summed E-state index contributed by atoms with van der Waals surface area (Å²) in [6.07, 6.45) is 5.47. The number of aryl methyl sites for hydroxylation is 1. The van der Waals surface area contributed by atoms with Gasteiger partial charge in [0.05, 0.1) is 12.0 Å². The van der Waals surface area contributed by atoms with Crippen molar-refractivity contribution < 1.29 is 4.42 Å². The maximum atomic E-state index is 5.84. The van der Waals surface area contributed by atoms with Crippen molar-refractivity contribution in [2.75, 3.05) is 0 Å². The van der Waals surface area contributed by atoms with Gasteiger partial charge >= 0.3 is 0 Å². The van der Waals surface area contributed by atoms with Gasteiger partial charge in [0.2, 0.25) is 0 Å². The molecule has 0 aliphatic carbocycles. The van der Waals surface area contributed by atoms with Gasteiger partial charge in [0.15, 0.2) is 5.58 Å². The molecule has 0 saturated carbocycles. The third-order valence-corrected chi connectivity index (χ3v) is 6.64. The number of fused-ring (bicyclic) bond motifs is 4. The van der Waals surface area contributed by atoms with E-state index in [-0.39, 0.29) is 0 Å². The first-order valence-electron chi connectivity index (χ1n) is 12.3. The van der Waals surface area contributed by atoms with Gasteiger partial charge in [-0.1, -0.05) is 61.9 Å². The molecular formula is C32H28N2O. The summed E-state index contributed by atoms with van der Waals surface area (Å²) in [7, 11) is 0. The van der Waals surface area contributed by atoms with Crippen LogP contribution >= 0.6 is 0 Å². The quantitative estimate of drug-likeness (QED) is 0.262. The molecule has 0 atom stereocenters. The lowest BCUT2D eigenvalue weighted by Gasteiger charge is -2.11. The van der Waals surface area contributed by atoms with Gasteiger partial charge in [-0.2, -0.15) is 0 Å². The number of furan rings is 1. The first-order valence-corrected chi connectivity index (χ1v) is 12.3. The predicted octanol–water partition coefficient (Wildman–Crippen LogP) is 8.29. The molecule has 0 radical (unpaired) electrons. The summed E-state index contributed by atoms with van der Waals surface area (Å²) in [6.45, 7) is 6.57. The van der Waals surface area contributed by atoms with Crippen LogP contribution in [0.3, 0.4) is 0 Å². The van der Waals surface area contributed by atoms with Gasteiger partial charge in [-0.25, -0.2) is 4.98 Å². The van der Waals surface area contributed by atoms with Crippen molar-refractivity contribution in [1.82, 2.24) is 9.97 Å². The predicted molar refractivity (Wildman–Crippen MR) is 145 cm³/mol. The number of hydrogen-bond donors (Lipinski definition) is 0. The van der Waals surface area contributed by atoms with Crippen molar-refractivity contribution in [2.24, 2.45) is 5.92 Å². The molecule has 0 aliphatic rings. The van der Waals surface area contributed by atoms with Crippen LogP contribution < -0.4 is 0 Å². The second-order valence-electron chi connectivity index (χ2n) is 9.97. The first kappa shape index (κ1) is 21.5. The van der Waals surface area contributed by atoms with Gasteiger partial charge in [-0.3, -0.25) is 4.98 Å². The molecule has 172 valence electrons. The van der Waals surface area contributed by atoms with E-state index in [4.69, 9.17) is 14.4 Å². The first-order chi connectivity index (χ1) is 17.0. The van der Waals surface area contributed by atoms with E-state index in [0.29, 0.717) is 5.92 Å². The molecule has 3 heterocycles. The Hall–Kier alpha value is -3.98. The minimum atomic E-state index is 0.549. The normalized spacial score (nSPS) is 11.8. The van der Waals surface area contributed by atoms with Crippen LogP contribution in [0, 0.1) is 12.8 Å². The highest BCUT2D eigenvalue weighted by Gasteiger charge is 2.14. The standard InChI is InChI=1S/C32H28N2O/c1-20(2)14-27-8-9-28-29(19-26-11-13-35-32(26)31(28)34-27)30-18-23(10-12-33-30)16-22-5-7-24-15-21(3)4-6-25(24)17-22/h4-13,15,17-20H,14,16H2,1-3H3. The Morgan fingerprint density at radius 1 is 0.800 bits per heavy atom. The molecular weight excluding hydrogens is 428 g/mol. The highest BCUT2D eigenvalue weighted by atomic mass is 16.3. The zero-order chi connectivity index (χ0) is 23.9. The van der Waals surface area contributed by atoms with E-state index in [2.05, 4.69) is 87.5 Å². The number of nitrogens with zero attached hydrogens (tertiary/aromatic N) is 2. The van der Waals surface area contributed by atoms with Crippen LogP contribution in [-0.2, 0) is 12.8 Å². The number of hydrogen-bond acceptors (Lipinski definition) is 3. The van der Waals surface area contributed by atoms with Gasteiger partial charge in [0, 0.05) is 28.2 Å². The fourth-order valence-corrected chi connectivity index (χ4v) is 4.98. The fourth-order valence-electron chi connectivity index (χ4n) is 4.98. The van der Waals surface area contributed by atoms with E-state index in [9.17, 15) is 0 Å². The minimum Gasteiger partial charge on any atom is -0.462 e. The molecule has 0 spiro atoms. The van der Waals surface area contributed by atoms with Gasteiger partial charge in [0.1, 0.15) is 5.52 Å². The second kappa shape index (κ2) is 8.66. The molecule has 3 nitrogen and oxygen atoms in total. The van der Waals surface area contributed by atoms with Crippen LogP contribution in [0.1, 0.15) is 36.2 Å². The number of rotatable bonds is 5. The van der Waals surface area contributed by atoms with E-state index in [1.807, 2.05) is 12.3 Å². The van der Waals surface area contributed by atoms with Crippen molar-refractivity contribution in [3.63, 3.8) is 0 Å². The maximum Gasteiger partial charge on any atom is 0.160 e. The van der Waals surface area contributed by atoms with Gasteiger partial charge in [-0.05, 0) is 77.9 Å². The molecule has 6 aromatic rings. The molecule has 0 fully saturated rings. The summed E-state index contributed by atoms with van der Waals surface area (Å²) >= 11 is 0. The van der Waals surface area contributed by atoms with Crippen LogP contribution in [-0.4, -0.2) is 9.97 Å². The third kappa shape index (κ3) is 4.19. The number of pyridine rings is 2. The molecule has 35 heavy (non-hydrogen) atoms. The fraction of sp³-hybridized carbons (Fsp3) is 0.188. The second-order valence-corrected chi connectivity index (χ2v) is 9.97. The monoisotopic (exact) mass is 456 g/mol. The average molecular weight is 457 g/mol. The Kier molecular flexibility index (Phi) is 5.33. The molecule has 0 unspecified atom stereocenters. The highest BCUT2D eigenvalue weighted by Crippen LogP contribution is 2.34. The Morgan fingerprint density at radius 3 is 2.51 bits per heavy atom. The smallest absolute Gasteiger partial charge is 0.160 e. The summed E-state index contributed by atoms with van der Waals surface area (Å²) in [4.78, 5) is 9.77. The molecule has 6 rings (SSSR count). The van der Waals surface area contributed by atoms with E-state index < -0.39 is 0 Å². The Morgan fingerprint density at radius 2 is 1.63 bits per heavy atom.